The minimum atomic E-state index is -0.0927. The molecule has 2 aliphatic rings. The highest BCUT2D eigenvalue weighted by atomic mass is 16.5. The lowest BCUT2D eigenvalue weighted by molar-refractivity contribution is -0.149. The predicted molar refractivity (Wildman–Crippen MR) is 66.8 cm³/mol. The number of ether oxygens (including phenoxy) is 1. The van der Waals surface area contributed by atoms with Crippen LogP contribution in [0.5, 0.6) is 0 Å². The van der Waals surface area contributed by atoms with Crippen molar-refractivity contribution in [2.75, 3.05) is 19.7 Å². The van der Waals surface area contributed by atoms with Crippen molar-refractivity contribution in [3.05, 3.63) is 0 Å². The molecular weight excluding hydrogens is 216 g/mol. The van der Waals surface area contributed by atoms with Crippen molar-refractivity contribution < 1.29 is 9.53 Å². The number of carbonyl (C=O) groups is 1. The van der Waals surface area contributed by atoms with Crippen molar-refractivity contribution in [1.82, 2.24) is 10.2 Å². The topological polar surface area (TPSA) is 41.6 Å². The summed E-state index contributed by atoms with van der Waals surface area (Å²) in [4.78, 5) is 14.1. The zero-order valence-electron chi connectivity index (χ0n) is 10.9. The lowest BCUT2D eigenvalue weighted by atomic mass is 10.0. The molecule has 17 heavy (non-hydrogen) atoms. The Morgan fingerprint density at radius 3 is 2.94 bits per heavy atom. The smallest absolute Gasteiger partial charge is 0.323 e. The van der Waals surface area contributed by atoms with Gasteiger partial charge in [0, 0.05) is 12.1 Å². The molecule has 0 amide bonds. The fourth-order valence-electron chi connectivity index (χ4n) is 3.17. The highest BCUT2D eigenvalue weighted by molar-refractivity contribution is 5.75. The molecule has 2 fully saturated rings. The summed E-state index contributed by atoms with van der Waals surface area (Å²) in [7, 11) is 0. The van der Waals surface area contributed by atoms with Crippen LogP contribution in [0.25, 0.3) is 0 Å². The minimum Gasteiger partial charge on any atom is -0.465 e. The first kappa shape index (κ1) is 12.8. The Labute approximate surface area is 104 Å². The molecule has 0 aromatic carbocycles. The van der Waals surface area contributed by atoms with Crippen LogP contribution in [-0.4, -0.2) is 48.7 Å². The van der Waals surface area contributed by atoms with E-state index in [2.05, 4.69) is 10.2 Å². The van der Waals surface area contributed by atoms with Gasteiger partial charge in [-0.05, 0) is 52.6 Å². The normalized spacial score (nSPS) is 31.6. The second kappa shape index (κ2) is 5.83. The van der Waals surface area contributed by atoms with Crippen LogP contribution in [0, 0.1) is 0 Å². The predicted octanol–water partition coefficient (Wildman–Crippen LogP) is 1.15. The van der Waals surface area contributed by atoms with Crippen LogP contribution in [0.4, 0.5) is 0 Å². The lowest BCUT2D eigenvalue weighted by Gasteiger charge is -2.32. The lowest BCUT2D eigenvalue weighted by Crippen LogP contribution is -2.50. The molecule has 0 spiro atoms. The van der Waals surface area contributed by atoms with E-state index in [4.69, 9.17) is 4.74 Å². The first-order chi connectivity index (χ1) is 8.24. The van der Waals surface area contributed by atoms with Crippen LogP contribution < -0.4 is 5.32 Å². The fourth-order valence-corrected chi connectivity index (χ4v) is 3.17. The highest BCUT2D eigenvalue weighted by Crippen LogP contribution is 2.26. The van der Waals surface area contributed by atoms with Gasteiger partial charge in [0.1, 0.15) is 6.04 Å². The van der Waals surface area contributed by atoms with Crippen LogP contribution in [0.2, 0.25) is 0 Å². The molecular formula is C13H24N2O2. The number of esters is 1. The van der Waals surface area contributed by atoms with Gasteiger partial charge in [-0.25, -0.2) is 0 Å². The molecule has 4 nitrogen and oxygen atoms in total. The van der Waals surface area contributed by atoms with Crippen LogP contribution >= 0.6 is 0 Å². The summed E-state index contributed by atoms with van der Waals surface area (Å²) >= 11 is 0. The second-order valence-corrected chi connectivity index (χ2v) is 5.08. The van der Waals surface area contributed by atoms with Gasteiger partial charge in [-0.15, -0.1) is 0 Å². The average Bonchev–Trinajstić information content (AvgIpc) is 2.98. The summed E-state index contributed by atoms with van der Waals surface area (Å²) in [6.45, 7) is 6.48. The molecule has 1 N–H and O–H groups in total. The minimum absolute atomic E-state index is 0.0719. The Morgan fingerprint density at radius 2 is 2.29 bits per heavy atom. The van der Waals surface area contributed by atoms with E-state index in [9.17, 15) is 4.79 Å². The van der Waals surface area contributed by atoms with E-state index in [0.29, 0.717) is 18.7 Å². The fraction of sp³-hybridized carbons (Fsp3) is 0.923. The number of carbonyl (C=O) groups excluding carboxylic acids is 1. The third-order valence-corrected chi connectivity index (χ3v) is 4.03. The Morgan fingerprint density at radius 1 is 1.47 bits per heavy atom. The van der Waals surface area contributed by atoms with E-state index in [1.54, 1.807) is 0 Å². The molecule has 4 heteroatoms. The molecule has 2 aliphatic heterocycles. The Kier molecular flexibility index (Phi) is 4.40. The Balaban J connectivity index is 1.95. The van der Waals surface area contributed by atoms with Gasteiger partial charge in [0.2, 0.25) is 0 Å². The first-order valence-corrected chi connectivity index (χ1v) is 6.89. The summed E-state index contributed by atoms with van der Waals surface area (Å²) in [6.07, 6.45) is 4.92. The van der Waals surface area contributed by atoms with E-state index >= 15 is 0 Å². The van der Waals surface area contributed by atoms with Crippen molar-refractivity contribution >= 4 is 5.97 Å². The number of likely N-dealkylation sites (tertiary alicyclic amines) is 1. The number of hydrogen-bond donors (Lipinski definition) is 1. The summed E-state index contributed by atoms with van der Waals surface area (Å²) in [5.74, 6) is -0.0719. The zero-order chi connectivity index (χ0) is 12.3. The average molecular weight is 240 g/mol. The molecule has 2 rings (SSSR count). The van der Waals surface area contributed by atoms with Crippen molar-refractivity contribution in [3.63, 3.8) is 0 Å². The molecule has 0 aromatic heterocycles. The monoisotopic (exact) mass is 240 g/mol. The van der Waals surface area contributed by atoms with Gasteiger partial charge in [0.25, 0.3) is 0 Å². The van der Waals surface area contributed by atoms with E-state index in [1.807, 2.05) is 13.8 Å². The van der Waals surface area contributed by atoms with E-state index in [1.165, 1.54) is 25.7 Å². The highest BCUT2D eigenvalue weighted by Gasteiger charge is 2.37. The van der Waals surface area contributed by atoms with Gasteiger partial charge in [0.05, 0.1) is 6.61 Å². The maximum Gasteiger partial charge on any atom is 0.323 e. The standard InChI is InChI=1S/C13H24N2O2/c1-3-17-13(16)10(2)15-9-5-7-12(15)11-6-4-8-14-11/h10-12,14H,3-9H2,1-2H3. The van der Waals surface area contributed by atoms with Crippen molar-refractivity contribution in [3.8, 4) is 0 Å². The molecule has 98 valence electrons. The quantitative estimate of drug-likeness (QED) is 0.749. The second-order valence-electron chi connectivity index (χ2n) is 5.08. The summed E-state index contributed by atoms with van der Waals surface area (Å²) in [5.41, 5.74) is 0. The van der Waals surface area contributed by atoms with Crippen LogP contribution in [0.15, 0.2) is 0 Å². The Bertz CT molecular complexity index is 264. The summed E-state index contributed by atoms with van der Waals surface area (Å²) in [5, 5.41) is 3.56. The van der Waals surface area contributed by atoms with E-state index in [0.717, 1.165) is 13.1 Å². The molecule has 0 aromatic rings. The Hall–Kier alpha value is -0.610. The van der Waals surface area contributed by atoms with Crippen molar-refractivity contribution in [2.45, 2.75) is 57.7 Å². The number of rotatable bonds is 4. The molecule has 0 bridgehead atoms. The molecule has 0 saturated carbocycles. The van der Waals surface area contributed by atoms with Crippen LogP contribution in [0.3, 0.4) is 0 Å². The number of hydrogen-bond acceptors (Lipinski definition) is 4. The van der Waals surface area contributed by atoms with Gasteiger partial charge in [-0.3, -0.25) is 9.69 Å². The molecule has 3 unspecified atom stereocenters. The molecule has 3 atom stereocenters. The number of nitrogens with one attached hydrogen (secondary N) is 1. The molecule has 0 radical (unpaired) electrons. The van der Waals surface area contributed by atoms with Crippen LogP contribution in [-0.2, 0) is 9.53 Å². The summed E-state index contributed by atoms with van der Waals surface area (Å²) < 4.78 is 5.13. The molecule has 0 aliphatic carbocycles. The zero-order valence-corrected chi connectivity index (χ0v) is 10.9. The van der Waals surface area contributed by atoms with Crippen LogP contribution in [0.1, 0.15) is 39.5 Å². The number of nitrogens with zero attached hydrogens (tertiary/aromatic N) is 1. The van der Waals surface area contributed by atoms with Gasteiger partial charge in [0.15, 0.2) is 0 Å². The third kappa shape index (κ3) is 2.80. The van der Waals surface area contributed by atoms with Gasteiger partial charge in [-0.2, -0.15) is 0 Å². The maximum absolute atomic E-state index is 11.8. The third-order valence-electron chi connectivity index (χ3n) is 4.03. The van der Waals surface area contributed by atoms with Crippen molar-refractivity contribution in [2.24, 2.45) is 0 Å². The van der Waals surface area contributed by atoms with E-state index in [-0.39, 0.29) is 12.0 Å². The van der Waals surface area contributed by atoms with E-state index < -0.39 is 0 Å². The van der Waals surface area contributed by atoms with Crippen molar-refractivity contribution in [1.29, 1.82) is 0 Å². The van der Waals surface area contributed by atoms with Gasteiger partial charge in [-0.1, -0.05) is 0 Å². The maximum atomic E-state index is 11.8. The molecule has 2 saturated heterocycles. The SMILES string of the molecule is CCOC(=O)C(C)N1CCCC1C1CCCN1. The summed E-state index contributed by atoms with van der Waals surface area (Å²) in [6, 6.07) is 1.01. The van der Waals surface area contributed by atoms with Gasteiger partial charge >= 0.3 is 5.97 Å². The first-order valence-electron chi connectivity index (χ1n) is 6.89. The molecule has 2 heterocycles. The largest absolute Gasteiger partial charge is 0.465 e. The van der Waals surface area contributed by atoms with Gasteiger partial charge < -0.3 is 10.1 Å².